The van der Waals surface area contributed by atoms with Gasteiger partial charge in [-0.25, -0.2) is 4.79 Å². The smallest absolute Gasteiger partial charge is 0.349 e. The third kappa shape index (κ3) is 3.23. The zero-order chi connectivity index (χ0) is 10.4. The molecule has 1 aromatic rings. The van der Waals surface area contributed by atoms with Crippen molar-refractivity contribution in [2.45, 2.75) is 6.92 Å². The van der Waals surface area contributed by atoms with Crippen LogP contribution in [0.4, 0.5) is 0 Å². The maximum absolute atomic E-state index is 11.1. The molecule has 0 aromatic heterocycles. The van der Waals surface area contributed by atoms with E-state index in [0.29, 0.717) is 6.61 Å². The first-order valence-corrected chi connectivity index (χ1v) is 4.71. The molecule has 0 heterocycles. The second-order valence-electron chi connectivity index (χ2n) is 2.62. The number of carbonyl (C=O) groups is 1. The van der Waals surface area contributed by atoms with Crippen molar-refractivity contribution in [2.24, 2.45) is 0 Å². The van der Waals surface area contributed by atoms with Gasteiger partial charge in [-0.05, 0) is 18.6 Å². The van der Waals surface area contributed by atoms with E-state index in [4.69, 9.17) is 16.3 Å². The van der Waals surface area contributed by atoms with Crippen molar-refractivity contribution in [1.29, 1.82) is 0 Å². The van der Waals surface area contributed by atoms with Gasteiger partial charge in [0.2, 0.25) is 0 Å². The lowest BCUT2D eigenvalue weighted by Gasteiger charge is -1.99. The Morgan fingerprint density at radius 1 is 1.43 bits per heavy atom. The standard InChI is InChI=1S/C11H11ClO2/c1-2-14-11(13)10(12)8-9-6-4-3-5-7-9/h3-8H,2H2,1H3. The minimum absolute atomic E-state index is 0.0954. The van der Waals surface area contributed by atoms with Crippen LogP contribution in [0.1, 0.15) is 12.5 Å². The van der Waals surface area contributed by atoms with Crippen LogP contribution in [0.3, 0.4) is 0 Å². The van der Waals surface area contributed by atoms with Crippen molar-refractivity contribution in [3.63, 3.8) is 0 Å². The lowest BCUT2D eigenvalue weighted by Crippen LogP contribution is -2.03. The number of hydrogen-bond acceptors (Lipinski definition) is 2. The molecule has 0 aliphatic carbocycles. The molecule has 2 nitrogen and oxygen atoms in total. The summed E-state index contributed by atoms with van der Waals surface area (Å²) in [6.07, 6.45) is 1.58. The molecular weight excluding hydrogens is 200 g/mol. The molecule has 0 spiro atoms. The van der Waals surface area contributed by atoms with Gasteiger partial charge >= 0.3 is 5.97 Å². The summed E-state index contributed by atoms with van der Waals surface area (Å²) in [4.78, 5) is 11.1. The summed E-state index contributed by atoms with van der Waals surface area (Å²) in [6.45, 7) is 2.07. The van der Waals surface area contributed by atoms with Crippen molar-refractivity contribution in [3.05, 3.63) is 40.9 Å². The Morgan fingerprint density at radius 3 is 2.64 bits per heavy atom. The van der Waals surface area contributed by atoms with Gasteiger partial charge in [0.05, 0.1) is 6.61 Å². The van der Waals surface area contributed by atoms with Gasteiger partial charge in [-0.15, -0.1) is 0 Å². The number of rotatable bonds is 3. The quantitative estimate of drug-likeness (QED) is 0.567. The fraction of sp³-hybridized carbons (Fsp3) is 0.182. The van der Waals surface area contributed by atoms with Crippen LogP contribution in [0, 0.1) is 0 Å². The maximum Gasteiger partial charge on any atom is 0.349 e. The number of benzene rings is 1. The Labute approximate surface area is 88.1 Å². The second-order valence-corrected chi connectivity index (χ2v) is 3.03. The van der Waals surface area contributed by atoms with Gasteiger partial charge in [0.1, 0.15) is 5.03 Å². The van der Waals surface area contributed by atoms with E-state index in [1.807, 2.05) is 30.3 Å². The van der Waals surface area contributed by atoms with Crippen molar-refractivity contribution >= 4 is 23.6 Å². The van der Waals surface area contributed by atoms with Gasteiger partial charge < -0.3 is 4.74 Å². The van der Waals surface area contributed by atoms with E-state index >= 15 is 0 Å². The van der Waals surface area contributed by atoms with Gasteiger partial charge in [0.15, 0.2) is 0 Å². The number of esters is 1. The molecule has 1 aromatic carbocycles. The summed E-state index contributed by atoms with van der Waals surface area (Å²) in [5.74, 6) is -0.488. The molecule has 0 saturated carbocycles. The zero-order valence-corrected chi connectivity index (χ0v) is 8.62. The van der Waals surface area contributed by atoms with E-state index in [2.05, 4.69) is 0 Å². The molecule has 0 atom stereocenters. The topological polar surface area (TPSA) is 26.3 Å². The van der Waals surface area contributed by atoms with Gasteiger partial charge in [-0.3, -0.25) is 0 Å². The van der Waals surface area contributed by atoms with E-state index in [1.54, 1.807) is 13.0 Å². The molecule has 14 heavy (non-hydrogen) atoms. The average molecular weight is 211 g/mol. The first-order valence-electron chi connectivity index (χ1n) is 4.33. The molecule has 74 valence electrons. The summed E-state index contributed by atoms with van der Waals surface area (Å²) in [6, 6.07) is 9.38. The minimum Gasteiger partial charge on any atom is -0.462 e. The van der Waals surface area contributed by atoms with Crippen LogP contribution in [0.25, 0.3) is 6.08 Å². The Hall–Kier alpha value is -1.28. The summed E-state index contributed by atoms with van der Waals surface area (Å²) in [5, 5.41) is 0.0954. The summed E-state index contributed by atoms with van der Waals surface area (Å²) >= 11 is 5.73. The van der Waals surface area contributed by atoms with Crippen molar-refractivity contribution in [1.82, 2.24) is 0 Å². The number of halogens is 1. The largest absolute Gasteiger partial charge is 0.462 e. The lowest BCUT2D eigenvalue weighted by molar-refractivity contribution is -0.137. The van der Waals surface area contributed by atoms with Gasteiger partial charge in [0.25, 0.3) is 0 Å². The van der Waals surface area contributed by atoms with Crippen LogP contribution in [-0.2, 0) is 9.53 Å². The predicted octanol–water partition coefficient (Wildman–Crippen LogP) is 2.83. The minimum atomic E-state index is -0.488. The maximum atomic E-state index is 11.1. The Balaban J connectivity index is 2.74. The molecule has 0 bridgehead atoms. The first kappa shape index (κ1) is 10.8. The fourth-order valence-corrected chi connectivity index (χ4v) is 1.14. The molecule has 0 aliphatic rings. The molecule has 0 unspecified atom stereocenters. The lowest BCUT2D eigenvalue weighted by atomic mass is 10.2. The van der Waals surface area contributed by atoms with E-state index in [9.17, 15) is 4.79 Å². The van der Waals surface area contributed by atoms with Crippen molar-refractivity contribution in [2.75, 3.05) is 6.61 Å². The average Bonchev–Trinajstić information content (AvgIpc) is 2.19. The van der Waals surface area contributed by atoms with Crippen LogP contribution in [-0.4, -0.2) is 12.6 Å². The van der Waals surface area contributed by atoms with Gasteiger partial charge in [-0.1, -0.05) is 41.9 Å². The molecule has 0 saturated heterocycles. The van der Waals surface area contributed by atoms with Crippen molar-refractivity contribution in [3.8, 4) is 0 Å². The van der Waals surface area contributed by atoms with Gasteiger partial charge in [0, 0.05) is 0 Å². The third-order valence-electron chi connectivity index (χ3n) is 1.56. The predicted molar refractivity (Wildman–Crippen MR) is 56.9 cm³/mol. The first-order chi connectivity index (χ1) is 6.74. The summed E-state index contributed by atoms with van der Waals surface area (Å²) in [7, 11) is 0. The highest BCUT2D eigenvalue weighted by Gasteiger charge is 2.06. The van der Waals surface area contributed by atoms with Crippen LogP contribution < -0.4 is 0 Å². The van der Waals surface area contributed by atoms with E-state index in [-0.39, 0.29) is 5.03 Å². The highest BCUT2D eigenvalue weighted by Crippen LogP contribution is 2.11. The van der Waals surface area contributed by atoms with E-state index in [0.717, 1.165) is 5.56 Å². The van der Waals surface area contributed by atoms with Crippen LogP contribution >= 0.6 is 11.6 Å². The molecule has 1 rings (SSSR count). The summed E-state index contributed by atoms with van der Waals surface area (Å²) < 4.78 is 4.74. The molecule has 0 amide bonds. The monoisotopic (exact) mass is 210 g/mol. The normalized spacial score (nSPS) is 11.1. The van der Waals surface area contributed by atoms with Crippen molar-refractivity contribution < 1.29 is 9.53 Å². The number of ether oxygens (including phenoxy) is 1. The Kier molecular flexibility index (Phi) is 4.20. The molecule has 3 heteroatoms. The highest BCUT2D eigenvalue weighted by molar-refractivity contribution is 6.43. The summed E-state index contributed by atoms with van der Waals surface area (Å²) in [5.41, 5.74) is 0.880. The molecular formula is C11H11ClO2. The molecule has 0 aliphatic heterocycles. The fourth-order valence-electron chi connectivity index (χ4n) is 0.955. The Bertz CT molecular complexity index is 330. The molecule has 0 radical (unpaired) electrons. The molecule has 0 fully saturated rings. The highest BCUT2D eigenvalue weighted by atomic mass is 35.5. The number of carbonyl (C=O) groups excluding carboxylic acids is 1. The Morgan fingerprint density at radius 2 is 2.07 bits per heavy atom. The van der Waals surface area contributed by atoms with Crippen LogP contribution in [0.5, 0.6) is 0 Å². The second kappa shape index (κ2) is 5.45. The molecule has 0 N–H and O–H groups in total. The van der Waals surface area contributed by atoms with Crippen LogP contribution in [0.15, 0.2) is 35.4 Å². The SMILES string of the molecule is CCOC(=O)C(Cl)=Cc1ccccc1. The van der Waals surface area contributed by atoms with Gasteiger partial charge in [-0.2, -0.15) is 0 Å². The third-order valence-corrected chi connectivity index (χ3v) is 1.83. The van der Waals surface area contributed by atoms with Crippen LogP contribution in [0.2, 0.25) is 0 Å². The van der Waals surface area contributed by atoms with E-state index in [1.165, 1.54) is 0 Å². The number of hydrogen-bond donors (Lipinski definition) is 0. The van der Waals surface area contributed by atoms with E-state index < -0.39 is 5.97 Å². The zero-order valence-electron chi connectivity index (χ0n) is 7.87.